The number of alkyl halides is 6. The van der Waals surface area contributed by atoms with Crippen LogP contribution in [0.3, 0.4) is 0 Å². The molecule has 0 aromatic heterocycles. The van der Waals surface area contributed by atoms with E-state index in [4.69, 9.17) is 10.8 Å². The number of nitrogens with two attached hydrogens (primary N) is 1. The summed E-state index contributed by atoms with van der Waals surface area (Å²) >= 11 is 0. The largest absolute Gasteiger partial charge is 0.480 e. The highest BCUT2D eigenvalue weighted by Crippen LogP contribution is 2.37. The molecule has 0 aliphatic heterocycles. The molecule has 10 heteroatoms. The molecule has 3 N–H and O–H groups in total. The summed E-state index contributed by atoms with van der Waals surface area (Å²) in [7, 11) is 0. The molecule has 0 bridgehead atoms. The van der Waals surface area contributed by atoms with Crippen molar-refractivity contribution in [3.63, 3.8) is 0 Å². The molecule has 0 radical (unpaired) electrons. The van der Waals surface area contributed by atoms with Crippen LogP contribution in [0.2, 0.25) is 0 Å². The number of carbonyl (C=O) groups is 1. The van der Waals surface area contributed by atoms with Gasteiger partial charge in [-0.25, -0.2) is 0 Å². The van der Waals surface area contributed by atoms with Crippen LogP contribution in [0.5, 0.6) is 0 Å². The number of benzene rings is 1. The summed E-state index contributed by atoms with van der Waals surface area (Å²) in [6, 6.07) is -1.50. The molecule has 3 nitrogen and oxygen atoms in total. The molecule has 0 fully saturated rings. The minimum Gasteiger partial charge on any atom is -0.480 e. The molecule has 1 unspecified atom stereocenters. The lowest BCUT2D eigenvalue weighted by Crippen LogP contribution is -2.22. The van der Waals surface area contributed by atoms with Gasteiger partial charge >= 0.3 is 18.3 Å². The summed E-state index contributed by atoms with van der Waals surface area (Å²) in [5.41, 5.74) is 1.05. The molecular weight excluding hydrogens is 316 g/mol. The monoisotopic (exact) mass is 323 g/mol. The normalized spacial score (nSPS) is 13.6. The van der Waals surface area contributed by atoms with E-state index in [0.29, 0.717) is 0 Å². The number of aliphatic carboxylic acids is 1. The molecular formula is C10H8ClF6NO2. The Labute approximate surface area is 114 Å². The Hall–Kier alpha value is -1.48. The van der Waals surface area contributed by atoms with Crippen molar-refractivity contribution in [1.82, 2.24) is 0 Å². The Balaban J connectivity index is 0.00000361. The molecule has 1 aromatic rings. The molecule has 1 rings (SSSR count). The van der Waals surface area contributed by atoms with E-state index in [9.17, 15) is 31.1 Å². The standard InChI is InChI=1S/C10H7F6NO2.ClH/c11-9(12,13)5-1-4(7(17)8(18)19)2-6(3-5)10(14,15)16;/h1-3,7H,17H2,(H,18,19);1H. The highest BCUT2D eigenvalue weighted by Gasteiger charge is 2.37. The van der Waals surface area contributed by atoms with Gasteiger partial charge in [-0.3, -0.25) is 4.79 Å². The lowest BCUT2D eigenvalue weighted by atomic mass is 10.00. The van der Waals surface area contributed by atoms with Crippen LogP contribution in [0.25, 0.3) is 0 Å². The maximum absolute atomic E-state index is 12.4. The minimum atomic E-state index is -5.03. The van der Waals surface area contributed by atoms with Gasteiger partial charge in [0, 0.05) is 0 Å². The molecule has 20 heavy (non-hydrogen) atoms. The van der Waals surface area contributed by atoms with Gasteiger partial charge < -0.3 is 10.8 Å². The maximum Gasteiger partial charge on any atom is 0.416 e. The van der Waals surface area contributed by atoms with Crippen molar-refractivity contribution in [2.75, 3.05) is 0 Å². The maximum atomic E-state index is 12.4. The average Bonchev–Trinajstić information content (AvgIpc) is 2.24. The fourth-order valence-electron chi connectivity index (χ4n) is 1.30. The lowest BCUT2D eigenvalue weighted by molar-refractivity contribution is -0.144. The van der Waals surface area contributed by atoms with Crippen LogP contribution in [0.1, 0.15) is 22.7 Å². The highest BCUT2D eigenvalue weighted by molar-refractivity contribution is 5.85. The van der Waals surface area contributed by atoms with E-state index in [2.05, 4.69) is 0 Å². The first kappa shape index (κ1) is 18.5. The first-order valence-electron chi connectivity index (χ1n) is 4.70. The van der Waals surface area contributed by atoms with Gasteiger partial charge in [0.15, 0.2) is 0 Å². The smallest absolute Gasteiger partial charge is 0.416 e. The third-order valence-electron chi connectivity index (χ3n) is 2.24. The van der Waals surface area contributed by atoms with Gasteiger partial charge in [0.1, 0.15) is 6.04 Å². The van der Waals surface area contributed by atoms with Gasteiger partial charge in [-0.1, -0.05) is 0 Å². The van der Waals surface area contributed by atoms with Crippen molar-refractivity contribution in [3.8, 4) is 0 Å². The zero-order chi connectivity index (χ0) is 15.0. The average molecular weight is 324 g/mol. The Bertz CT molecular complexity index is 467. The molecule has 1 aromatic carbocycles. The van der Waals surface area contributed by atoms with Crippen LogP contribution in [0.15, 0.2) is 18.2 Å². The van der Waals surface area contributed by atoms with Crippen LogP contribution in [-0.4, -0.2) is 11.1 Å². The van der Waals surface area contributed by atoms with Crippen LogP contribution in [0.4, 0.5) is 26.3 Å². The van der Waals surface area contributed by atoms with E-state index < -0.39 is 41.1 Å². The first-order valence-corrected chi connectivity index (χ1v) is 4.70. The van der Waals surface area contributed by atoms with E-state index in [1.165, 1.54) is 0 Å². The SMILES string of the molecule is Cl.NC(C(=O)O)c1cc(C(F)(F)F)cc(C(F)(F)F)c1. The third kappa shape index (κ3) is 4.27. The molecule has 0 aliphatic carbocycles. The number of halogens is 7. The highest BCUT2D eigenvalue weighted by atomic mass is 35.5. The molecule has 114 valence electrons. The summed E-state index contributed by atoms with van der Waals surface area (Å²) < 4.78 is 74.7. The van der Waals surface area contributed by atoms with E-state index in [-0.39, 0.29) is 30.6 Å². The van der Waals surface area contributed by atoms with Gasteiger partial charge in [0.05, 0.1) is 11.1 Å². The predicted molar refractivity (Wildman–Crippen MR) is 58.3 cm³/mol. The predicted octanol–water partition coefficient (Wildman–Crippen LogP) is 3.23. The number of carboxylic acid groups (broad SMARTS) is 1. The van der Waals surface area contributed by atoms with Crippen molar-refractivity contribution in [3.05, 3.63) is 34.9 Å². The fourth-order valence-corrected chi connectivity index (χ4v) is 1.30. The Morgan fingerprint density at radius 2 is 1.35 bits per heavy atom. The van der Waals surface area contributed by atoms with E-state index in [1.807, 2.05) is 0 Å². The minimum absolute atomic E-state index is 0. The van der Waals surface area contributed by atoms with E-state index >= 15 is 0 Å². The van der Waals surface area contributed by atoms with Crippen LogP contribution in [0, 0.1) is 0 Å². The molecule has 0 saturated heterocycles. The van der Waals surface area contributed by atoms with E-state index in [0.717, 1.165) is 0 Å². The number of rotatable bonds is 2. The molecule has 0 saturated carbocycles. The topological polar surface area (TPSA) is 63.3 Å². The van der Waals surface area contributed by atoms with E-state index in [1.54, 1.807) is 0 Å². The zero-order valence-corrected chi connectivity index (χ0v) is 10.2. The van der Waals surface area contributed by atoms with Crippen LogP contribution >= 0.6 is 12.4 Å². The summed E-state index contributed by atoms with van der Waals surface area (Å²) in [6.45, 7) is 0. The molecule has 0 spiro atoms. The van der Waals surface area contributed by atoms with Crippen molar-refractivity contribution >= 4 is 18.4 Å². The van der Waals surface area contributed by atoms with Crippen molar-refractivity contribution < 1.29 is 36.2 Å². The molecule has 0 heterocycles. The quantitative estimate of drug-likeness (QED) is 0.821. The van der Waals surface area contributed by atoms with Crippen molar-refractivity contribution in [2.45, 2.75) is 18.4 Å². The fraction of sp³-hybridized carbons (Fsp3) is 0.300. The van der Waals surface area contributed by atoms with Gasteiger partial charge in [-0.2, -0.15) is 26.3 Å². The third-order valence-corrected chi connectivity index (χ3v) is 2.24. The summed E-state index contributed by atoms with van der Waals surface area (Å²) in [5.74, 6) is -1.73. The van der Waals surface area contributed by atoms with Gasteiger partial charge in [-0.15, -0.1) is 12.4 Å². The van der Waals surface area contributed by atoms with Crippen molar-refractivity contribution in [2.24, 2.45) is 5.73 Å². The molecule has 0 aliphatic rings. The zero-order valence-electron chi connectivity index (χ0n) is 9.42. The number of hydrogen-bond donors (Lipinski definition) is 2. The van der Waals surface area contributed by atoms with Crippen LogP contribution < -0.4 is 5.73 Å². The summed E-state index contributed by atoms with van der Waals surface area (Å²) in [5, 5.41) is 8.54. The van der Waals surface area contributed by atoms with Crippen LogP contribution in [-0.2, 0) is 17.1 Å². The lowest BCUT2D eigenvalue weighted by Gasteiger charge is -2.15. The van der Waals surface area contributed by atoms with Gasteiger partial charge in [-0.05, 0) is 23.8 Å². The molecule has 1 atom stereocenters. The molecule has 0 amide bonds. The number of hydrogen-bond acceptors (Lipinski definition) is 2. The summed E-state index contributed by atoms with van der Waals surface area (Å²) in [4.78, 5) is 10.5. The number of carboxylic acids is 1. The van der Waals surface area contributed by atoms with Gasteiger partial charge in [0.25, 0.3) is 0 Å². The van der Waals surface area contributed by atoms with Crippen molar-refractivity contribution in [1.29, 1.82) is 0 Å². The Kier molecular flexibility index (Phi) is 5.44. The second-order valence-electron chi connectivity index (χ2n) is 3.66. The Morgan fingerprint density at radius 3 is 1.60 bits per heavy atom. The second-order valence-corrected chi connectivity index (χ2v) is 3.66. The van der Waals surface area contributed by atoms with Gasteiger partial charge in [0.2, 0.25) is 0 Å². The first-order chi connectivity index (χ1) is 8.43. The summed E-state index contributed by atoms with van der Waals surface area (Å²) in [6.07, 6.45) is -10.1. The Morgan fingerprint density at radius 1 is 1.00 bits per heavy atom. The second kappa shape index (κ2) is 5.88.